The van der Waals surface area contributed by atoms with E-state index in [1.165, 1.54) is 12.0 Å². The number of halogens is 1. The van der Waals surface area contributed by atoms with Crippen LogP contribution in [0, 0.1) is 5.92 Å². The predicted octanol–water partition coefficient (Wildman–Crippen LogP) is 4.07. The van der Waals surface area contributed by atoms with Crippen LogP contribution in [0.2, 0.25) is 0 Å². The van der Waals surface area contributed by atoms with E-state index in [9.17, 15) is 0 Å². The van der Waals surface area contributed by atoms with E-state index >= 15 is 0 Å². The molecule has 31 heavy (non-hydrogen) atoms. The number of rotatable bonds is 12. The molecule has 1 aromatic heterocycles. The van der Waals surface area contributed by atoms with Crippen LogP contribution in [0.1, 0.15) is 51.9 Å². The van der Waals surface area contributed by atoms with E-state index in [0.717, 1.165) is 56.4 Å². The third-order valence-electron chi connectivity index (χ3n) is 5.05. The summed E-state index contributed by atoms with van der Waals surface area (Å²) >= 11 is 0. The van der Waals surface area contributed by atoms with Crippen LogP contribution in [0.4, 0.5) is 0 Å². The zero-order valence-corrected chi connectivity index (χ0v) is 21.9. The van der Waals surface area contributed by atoms with Crippen LogP contribution in [0.15, 0.2) is 35.6 Å². The van der Waals surface area contributed by atoms with E-state index in [2.05, 4.69) is 65.2 Å². The van der Waals surface area contributed by atoms with Gasteiger partial charge in [-0.2, -0.15) is 0 Å². The van der Waals surface area contributed by atoms with Gasteiger partial charge in [0.25, 0.3) is 0 Å². The summed E-state index contributed by atoms with van der Waals surface area (Å²) in [5, 5.41) is 15.2. The molecule has 2 rings (SSSR count). The Morgan fingerprint density at radius 2 is 1.90 bits per heavy atom. The maximum atomic E-state index is 5.23. The molecule has 0 saturated carbocycles. The Bertz CT molecular complexity index is 760. The van der Waals surface area contributed by atoms with Gasteiger partial charge in [0.2, 0.25) is 0 Å². The van der Waals surface area contributed by atoms with Gasteiger partial charge >= 0.3 is 0 Å². The average Bonchev–Trinajstić information content (AvgIpc) is 3.20. The molecule has 0 bridgehead atoms. The van der Waals surface area contributed by atoms with Crippen molar-refractivity contribution >= 4 is 29.9 Å². The summed E-state index contributed by atoms with van der Waals surface area (Å²) in [7, 11) is 1.69. The van der Waals surface area contributed by atoms with Crippen LogP contribution in [0.3, 0.4) is 0 Å². The molecule has 174 valence electrons. The molecule has 2 aromatic rings. The first-order valence-electron chi connectivity index (χ1n) is 11.1. The Hall–Kier alpha value is -1.84. The van der Waals surface area contributed by atoms with Crippen molar-refractivity contribution in [3.63, 3.8) is 0 Å². The van der Waals surface area contributed by atoms with E-state index in [1.54, 1.807) is 13.4 Å². The van der Waals surface area contributed by atoms with Gasteiger partial charge in [-0.15, -0.1) is 34.2 Å². The van der Waals surface area contributed by atoms with Crippen LogP contribution in [-0.4, -0.2) is 47.0 Å². The van der Waals surface area contributed by atoms with E-state index in [4.69, 9.17) is 9.73 Å². The van der Waals surface area contributed by atoms with Crippen LogP contribution < -0.4 is 15.4 Å². The van der Waals surface area contributed by atoms with Crippen molar-refractivity contribution in [1.82, 2.24) is 25.4 Å². The minimum Gasteiger partial charge on any atom is -0.497 e. The Balaban J connectivity index is 0.00000480. The number of nitrogens with one attached hydrogen (secondary N) is 2. The molecule has 0 spiro atoms. The first-order valence-corrected chi connectivity index (χ1v) is 11.1. The highest BCUT2D eigenvalue weighted by molar-refractivity contribution is 14.0. The molecule has 0 aliphatic rings. The Kier molecular flexibility index (Phi) is 13.2. The first-order chi connectivity index (χ1) is 14.5. The molecule has 0 saturated heterocycles. The van der Waals surface area contributed by atoms with E-state index < -0.39 is 0 Å². The van der Waals surface area contributed by atoms with E-state index in [1.807, 2.05) is 12.1 Å². The first kappa shape index (κ1) is 27.2. The molecule has 1 unspecified atom stereocenters. The molecule has 0 fully saturated rings. The molecular formula is C23H39IN6O. The van der Waals surface area contributed by atoms with Gasteiger partial charge in [-0.1, -0.05) is 32.9 Å². The summed E-state index contributed by atoms with van der Waals surface area (Å²) in [6, 6.07) is 8.56. The average molecular weight is 543 g/mol. The molecule has 2 N–H and O–H groups in total. The number of hydrogen-bond donors (Lipinski definition) is 2. The molecule has 1 heterocycles. The summed E-state index contributed by atoms with van der Waals surface area (Å²) in [6.07, 6.45) is 5.89. The number of benzene rings is 1. The van der Waals surface area contributed by atoms with Gasteiger partial charge < -0.3 is 19.9 Å². The Morgan fingerprint density at radius 3 is 2.55 bits per heavy atom. The van der Waals surface area contributed by atoms with Crippen molar-refractivity contribution in [3.05, 3.63) is 42.0 Å². The summed E-state index contributed by atoms with van der Waals surface area (Å²) in [4.78, 5) is 4.81. The number of hydrogen-bond acceptors (Lipinski definition) is 4. The summed E-state index contributed by atoms with van der Waals surface area (Å²) in [5.74, 6) is 3.46. The van der Waals surface area contributed by atoms with Gasteiger partial charge in [-0.25, -0.2) is 0 Å². The standard InChI is InChI=1S/C23H38N6O.HI/c1-6-22-28-26-17-29(22)16-15-25-23(27-19(4)8-7-18(2)3)24-14-13-20-9-11-21(30-5)12-10-20;/h9-12,17-19H,6-8,13-16H2,1-5H3,(H2,24,25,27);1H. The minimum atomic E-state index is 0. The lowest BCUT2D eigenvalue weighted by molar-refractivity contribution is 0.414. The van der Waals surface area contributed by atoms with Crippen LogP contribution in [0.5, 0.6) is 5.75 Å². The number of ether oxygens (including phenoxy) is 1. The van der Waals surface area contributed by atoms with Crippen molar-refractivity contribution in [2.45, 2.75) is 66.0 Å². The molecule has 0 aliphatic carbocycles. The number of aryl methyl sites for hydroxylation is 1. The summed E-state index contributed by atoms with van der Waals surface area (Å²) < 4.78 is 7.32. The highest BCUT2D eigenvalue weighted by atomic mass is 127. The van der Waals surface area contributed by atoms with Crippen molar-refractivity contribution in [2.75, 3.05) is 20.2 Å². The molecule has 8 heteroatoms. The largest absolute Gasteiger partial charge is 0.497 e. The molecule has 7 nitrogen and oxygen atoms in total. The van der Waals surface area contributed by atoms with Gasteiger partial charge in [0.05, 0.1) is 7.11 Å². The maximum Gasteiger partial charge on any atom is 0.191 e. The second-order valence-corrected chi connectivity index (χ2v) is 8.07. The lowest BCUT2D eigenvalue weighted by Crippen LogP contribution is -2.43. The van der Waals surface area contributed by atoms with Crippen LogP contribution in [0.25, 0.3) is 0 Å². The number of aromatic nitrogens is 3. The van der Waals surface area contributed by atoms with Gasteiger partial charge in [-0.05, 0) is 49.8 Å². The fraction of sp³-hybridized carbons (Fsp3) is 0.609. The minimum absolute atomic E-state index is 0. The normalized spacial score (nSPS) is 12.4. The van der Waals surface area contributed by atoms with Crippen molar-refractivity contribution in [1.29, 1.82) is 0 Å². The Morgan fingerprint density at radius 1 is 1.16 bits per heavy atom. The number of nitrogens with zero attached hydrogens (tertiary/aromatic N) is 4. The third kappa shape index (κ3) is 10.3. The van der Waals surface area contributed by atoms with Crippen LogP contribution in [-0.2, 0) is 19.4 Å². The zero-order chi connectivity index (χ0) is 21.8. The Labute approximate surface area is 204 Å². The van der Waals surface area contributed by atoms with Crippen LogP contribution >= 0.6 is 24.0 Å². The van der Waals surface area contributed by atoms with Crippen molar-refractivity contribution in [2.24, 2.45) is 10.9 Å². The fourth-order valence-electron chi connectivity index (χ4n) is 3.16. The molecule has 0 amide bonds. The highest BCUT2D eigenvalue weighted by Gasteiger charge is 2.08. The monoisotopic (exact) mass is 542 g/mol. The van der Waals surface area contributed by atoms with Gasteiger partial charge in [0.15, 0.2) is 5.96 Å². The lowest BCUT2D eigenvalue weighted by Gasteiger charge is -2.19. The maximum absolute atomic E-state index is 5.23. The second-order valence-electron chi connectivity index (χ2n) is 8.07. The summed E-state index contributed by atoms with van der Waals surface area (Å²) in [6.45, 7) is 11.2. The molecule has 1 atom stereocenters. The topological polar surface area (TPSA) is 76.4 Å². The highest BCUT2D eigenvalue weighted by Crippen LogP contribution is 2.11. The number of methoxy groups -OCH3 is 1. The zero-order valence-electron chi connectivity index (χ0n) is 19.6. The fourth-order valence-corrected chi connectivity index (χ4v) is 3.16. The third-order valence-corrected chi connectivity index (χ3v) is 5.05. The van der Waals surface area contributed by atoms with Gasteiger partial charge in [0, 0.05) is 32.1 Å². The van der Waals surface area contributed by atoms with Gasteiger partial charge in [-0.3, -0.25) is 4.99 Å². The van der Waals surface area contributed by atoms with Gasteiger partial charge in [0.1, 0.15) is 17.9 Å². The molecular weight excluding hydrogens is 503 g/mol. The predicted molar refractivity (Wildman–Crippen MR) is 138 cm³/mol. The molecule has 0 radical (unpaired) electrons. The smallest absolute Gasteiger partial charge is 0.191 e. The second kappa shape index (κ2) is 15.0. The lowest BCUT2D eigenvalue weighted by atomic mass is 10.0. The molecule has 0 aliphatic heterocycles. The quantitative estimate of drug-likeness (QED) is 0.240. The summed E-state index contributed by atoms with van der Waals surface area (Å²) in [5.41, 5.74) is 1.25. The van der Waals surface area contributed by atoms with E-state index in [-0.39, 0.29) is 24.0 Å². The molecule has 1 aromatic carbocycles. The SMILES string of the molecule is CCc1nncn1CCNC(=NCCc1ccc(OC)cc1)NC(C)CCC(C)C.I. The van der Waals surface area contributed by atoms with Crippen molar-refractivity contribution in [3.8, 4) is 5.75 Å². The van der Waals surface area contributed by atoms with E-state index in [0.29, 0.717) is 12.0 Å². The number of aliphatic imine (C=N–C) groups is 1. The number of guanidine groups is 1. The van der Waals surface area contributed by atoms with Crippen molar-refractivity contribution < 1.29 is 4.74 Å².